The van der Waals surface area contributed by atoms with Gasteiger partial charge in [0.05, 0.1) is 17.3 Å². The van der Waals surface area contributed by atoms with E-state index < -0.39 is 27.4 Å². The second-order valence-corrected chi connectivity index (χ2v) is 13.8. The van der Waals surface area contributed by atoms with Crippen LogP contribution in [0.25, 0.3) is 0 Å². The van der Waals surface area contributed by atoms with Crippen molar-refractivity contribution in [1.82, 2.24) is 5.32 Å². The predicted octanol–water partition coefficient (Wildman–Crippen LogP) is 6.30. The zero-order chi connectivity index (χ0) is 31.9. The number of benzene rings is 4. The van der Waals surface area contributed by atoms with E-state index in [4.69, 9.17) is 31.2 Å². The molecule has 1 amide bonds. The molecule has 2 atom stereocenters. The van der Waals surface area contributed by atoms with Gasteiger partial charge >= 0.3 is 0 Å². The summed E-state index contributed by atoms with van der Waals surface area (Å²) in [5.41, 5.74) is 0.286. The first-order chi connectivity index (χ1) is 21.7. The first-order valence-corrected chi connectivity index (χ1v) is 17.2. The number of hydrogen-bond donors (Lipinski definition) is 2. The number of carbonyl (C=O) groups is 1. The van der Waals surface area contributed by atoms with Crippen molar-refractivity contribution in [2.75, 3.05) is 19.0 Å². The van der Waals surface area contributed by atoms with Gasteiger partial charge in [0, 0.05) is 46.6 Å². The van der Waals surface area contributed by atoms with Crippen LogP contribution in [0.5, 0.6) is 5.75 Å². The van der Waals surface area contributed by atoms with E-state index in [1.54, 1.807) is 54.6 Å². The maximum absolute atomic E-state index is 14.4. The molecule has 0 spiro atoms. The van der Waals surface area contributed by atoms with E-state index in [0.29, 0.717) is 45.0 Å². The van der Waals surface area contributed by atoms with Crippen molar-refractivity contribution >= 4 is 49.2 Å². The van der Waals surface area contributed by atoms with Crippen molar-refractivity contribution in [3.63, 3.8) is 0 Å². The molecular weight excluding hydrogens is 680 g/mol. The summed E-state index contributed by atoms with van der Waals surface area (Å²) < 4.78 is 39.9. The fourth-order valence-electron chi connectivity index (χ4n) is 5.04. The monoisotopic (exact) mass is 710 g/mol. The van der Waals surface area contributed by atoms with E-state index >= 15 is 0 Å². The molecule has 1 heterocycles. The summed E-state index contributed by atoms with van der Waals surface area (Å²) in [6.45, 7) is 0.501. The molecule has 4 aromatic rings. The average Bonchev–Trinajstić information content (AvgIpc) is 3.45. The van der Waals surface area contributed by atoms with Crippen LogP contribution in [0.15, 0.2) is 117 Å². The summed E-state index contributed by atoms with van der Waals surface area (Å²) in [4.78, 5) is 19.5. The van der Waals surface area contributed by atoms with Gasteiger partial charge in [-0.1, -0.05) is 82.1 Å². The molecule has 0 unspecified atom stereocenters. The Hall–Kier alpha value is -3.70. The van der Waals surface area contributed by atoms with E-state index in [9.17, 15) is 13.2 Å². The molecule has 11 heteroatoms. The minimum Gasteiger partial charge on any atom is -0.494 e. The Bertz CT molecular complexity index is 1770. The van der Waals surface area contributed by atoms with Crippen LogP contribution in [0.2, 0.25) is 5.02 Å². The lowest BCUT2D eigenvalue weighted by Crippen LogP contribution is -2.49. The van der Waals surface area contributed by atoms with Gasteiger partial charge in [0.25, 0.3) is 5.91 Å². The minimum absolute atomic E-state index is 0.0276. The van der Waals surface area contributed by atoms with Crippen LogP contribution < -0.4 is 10.1 Å². The molecule has 1 aliphatic rings. The number of amides is 1. The molecule has 0 aromatic heterocycles. The highest BCUT2D eigenvalue weighted by atomic mass is 79.9. The van der Waals surface area contributed by atoms with Crippen LogP contribution in [-0.2, 0) is 25.9 Å². The lowest BCUT2D eigenvalue weighted by molar-refractivity contribution is -0.129. The zero-order valence-electron chi connectivity index (χ0n) is 24.2. The van der Waals surface area contributed by atoms with Crippen molar-refractivity contribution in [3.05, 3.63) is 129 Å². The first-order valence-electron chi connectivity index (χ1n) is 14.4. The molecule has 2 N–H and O–H groups in total. The molecule has 0 radical (unpaired) electrons. The van der Waals surface area contributed by atoms with Crippen LogP contribution in [0.1, 0.15) is 35.6 Å². The number of sulfone groups is 1. The van der Waals surface area contributed by atoms with Gasteiger partial charge in [0.15, 0.2) is 21.5 Å². The summed E-state index contributed by atoms with van der Waals surface area (Å²) in [6, 6.07) is 29.7. The third kappa shape index (κ3) is 7.58. The van der Waals surface area contributed by atoms with Gasteiger partial charge in [0.1, 0.15) is 5.75 Å². The summed E-state index contributed by atoms with van der Waals surface area (Å²) in [7, 11) is -3.78. The Kier molecular flexibility index (Phi) is 10.6. The maximum Gasteiger partial charge on any atom is 0.252 e. The SMILES string of the molecule is O=C(NCc1ccccc1Cl)[C@]1(CCS(=O)(=O)c2ccccc2)N=C(c2ccc(OCCCO)cc2)O[C@@H]1c1ccccc1Br. The van der Waals surface area contributed by atoms with Crippen LogP contribution in [0.3, 0.4) is 0 Å². The highest BCUT2D eigenvalue weighted by molar-refractivity contribution is 9.10. The lowest BCUT2D eigenvalue weighted by Gasteiger charge is -2.31. The standard InChI is InChI=1S/C34H32BrClN2O6S/c35-29-13-6-5-12-28(29)31-34(19-22-45(41,42)27-10-2-1-3-11-27,33(40)37-23-25-9-4-7-14-30(25)36)38-32(44-31)24-15-17-26(18-16-24)43-21-8-20-39/h1-7,9-18,31,39H,8,19-23H2,(H,37,40)/t31-,34-/m1/s1. The van der Waals surface area contributed by atoms with Gasteiger partial charge in [-0.2, -0.15) is 0 Å². The highest BCUT2D eigenvalue weighted by Crippen LogP contribution is 2.45. The van der Waals surface area contributed by atoms with E-state index in [1.807, 2.05) is 36.4 Å². The molecule has 0 bridgehead atoms. The van der Waals surface area contributed by atoms with Crippen molar-refractivity contribution in [1.29, 1.82) is 0 Å². The number of hydrogen-bond acceptors (Lipinski definition) is 7. The number of nitrogens with zero attached hydrogens (tertiary/aromatic N) is 1. The normalized spacial score (nSPS) is 17.8. The number of halogens is 2. The largest absolute Gasteiger partial charge is 0.494 e. The Morgan fingerprint density at radius 3 is 2.38 bits per heavy atom. The minimum atomic E-state index is -3.78. The van der Waals surface area contributed by atoms with E-state index in [0.717, 1.165) is 0 Å². The molecule has 1 aliphatic heterocycles. The van der Waals surface area contributed by atoms with Crippen LogP contribution in [0.4, 0.5) is 0 Å². The van der Waals surface area contributed by atoms with Crippen molar-refractivity contribution in [3.8, 4) is 5.75 Å². The fraction of sp³-hybridized carbons (Fsp3) is 0.235. The molecule has 0 saturated carbocycles. The van der Waals surface area contributed by atoms with Crippen LogP contribution in [-0.4, -0.2) is 49.8 Å². The number of ether oxygens (including phenoxy) is 2. The molecule has 0 saturated heterocycles. The molecule has 5 rings (SSSR count). The quantitative estimate of drug-likeness (QED) is 0.158. The number of rotatable bonds is 13. The average molecular weight is 712 g/mol. The molecule has 0 aliphatic carbocycles. The maximum atomic E-state index is 14.4. The van der Waals surface area contributed by atoms with E-state index in [1.165, 1.54) is 12.1 Å². The Labute approximate surface area is 276 Å². The predicted molar refractivity (Wildman–Crippen MR) is 177 cm³/mol. The summed E-state index contributed by atoms with van der Waals surface area (Å²) >= 11 is 9.98. The molecule has 45 heavy (non-hydrogen) atoms. The smallest absolute Gasteiger partial charge is 0.252 e. The van der Waals surface area contributed by atoms with Crippen molar-refractivity contribution in [2.24, 2.45) is 4.99 Å². The third-order valence-electron chi connectivity index (χ3n) is 7.47. The number of aliphatic hydroxyl groups is 1. The molecule has 234 valence electrons. The zero-order valence-corrected chi connectivity index (χ0v) is 27.4. The summed E-state index contributed by atoms with van der Waals surface area (Å²) in [5.74, 6) is -0.0474. The van der Waals surface area contributed by atoms with E-state index in [2.05, 4.69) is 21.2 Å². The van der Waals surface area contributed by atoms with Gasteiger partial charge in [-0.25, -0.2) is 13.4 Å². The van der Waals surface area contributed by atoms with Gasteiger partial charge in [0.2, 0.25) is 5.90 Å². The fourth-order valence-corrected chi connectivity index (χ4v) is 7.12. The third-order valence-corrected chi connectivity index (χ3v) is 10.3. The van der Waals surface area contributed by atoms with E-state index in [-0.39, 0.29) is 36.1 Å². The number of nitrogens with one attached hydrogen (secondary N) is 1. The second-order valence-electron chi connectivity index (χ2n) is 10.5. The van der Waals surface area contributed by atoms with Crippen molar-refractivity contribution < 1.29 is 27.8 Å². The molecular formula is C34H32BrClN2O6S. The molecule has 0 fully saturated rings. The topological polar surface area (TPSA) is 114 Å². The van der Waals surface area contributed by atoms with Crippen molar-refractivity contribution in [2.45, 2.75) is 35.9 Å². The molecule has 4 aromatic carbocycles. The van der Waals surface area contributed by atoms with Crippen LogP contribution in [0, 0.1) is 0 Å². The van der Waals surface area contributed by atoms with Gasteiger partial charge in [-0.15, -0.1) is 0 Å². The van der Waals surface area contributed by atoms with Gasteiger partial charge < -0.3 is 19.9 Å². The Morgan fingerprint density at radius 2 is 1.67 bits per heavy atom. The highest BCUT2D eigenvalue weighted by Gasteiger charge is 2.54. The molecule has 8 nitrogen and oxygen atoms in total. The lowest BCUT2D eigenvalue weighted by atomic mass is 9.85. The van der Waals surface area contributed by atoms with Gasteiger partial charge in [-0.3, -0.25) is 4.79 Å². The number of aliphatic imine (C=N–C) groups is 1. The number of aliphatic hydroxyl groups excluding tert-OH is 1. The van der Waals surface area contributed by atoms with Gasteiger partial charge in [-0.05, 0) is 54.1 Å². The Balaban J connectivity index is 1.56. The van der Waals surface area contributed by atoms with Crippen LogP contribution >= 0.6 is 27.5 Å². The summed E-state index contributed by atoms with van der Waals surface area (Å²) in [5, 5.41) is 12.5. The second kappa shape index (κ2) is 14.6. The first kappa shape index (κ1) is 32.7. The number of carbonyl (C=O) groups excluding carboxylic acids is 1. The Morgan fingerprint density at radius 1 is 0.978 bits per heavy atom. The summed E-state index contributed by atoms with van der Waals surface area (Å²) in [6.07, 6.45) is -0.611.